The summed E-state index contributed by atoms with van der Waals surface area (Å²) in [6.07, 6.45) is 0. The van der Waals surface area contributed by atoms with E-state index in [2.05, 4.69) is 26.6 Å². The maximum Gasteiger partial charge on any atom is 0.251 e. The molecule has 1 aromatic rings. The summed E-state index contributed by atoms with van der Waals surface area (Å²) in [5.74, 6) is -0.301. The van der Waals surface area contributed by atoms with Crippen molar-refractivity contribution in [1.29, 1.82) is 0 Å². The van der Waals surface area contributed by atoms with E-state index in [1.807, 2.05) is 0 Å². The number of hydrogen-bond acceptors (Lipinski definition) is 2. The van der Waals surface area contributed by atoms with Crippen LogP contribution in [0.4, 0.5) is 5.69 Å². The summed E-state index contributed by atoms with van der Waals surface area (Å²) in [7, 11) is 1.57. The monoisotopic (exact) mass is 284 g/mol. The van der Waals surface area contributed by atoms with Gasteiger partial charge in [-0.25, -0.2) is 0 Å². The van der Waals surface area contributed by atoms with Crippen LogP contribution in [0, 0.1) is 6.92 Å². The standard InChI is InChI=1S/C11H13BrN2O2/c1-7-8(11(16)13-2)4-3-5-9(7)14-10(15)6-12/h3-5H,6H2,1-2H3,(H,13,16)(H,14,15). The highest BCUT2D eigenvalue weighted by molar-refractivity contribution is 9.09. The van der Waals surface area contributed by atoms with Crippen LogP contribution >= 0.6 is 15.9 Å². The van der Waals surface area contributed by atoms with E-state index >= 15 is 0 Å². The molecule has 0 bridgehead atoms. The predicted octanol–water partition coefficient (Wildman–Crippen LogP) is 1.69. The smallest absolute Gasteiger partial charge is 0.251 e. The molecule has 0 heterocycles. The van der Waals surface area contributed by atoms with Crippen molar-refractivity contribution in [2.75, 3.05) is 17.7 Å². The molecular weight excluding hydrogens is 272 g/mol. The highest BCUT2D eigenvalue weighted by Gasteiger charge is 2.11. The van der Waals surface area contributed by atoms with E-state index in [0.717, 1.165) is 5.56 Å². The molecule has 2 N–H and O–H groups in total. The van der Waals surface area contributed by atoms with Gasteiger partial charge < -0.3 is 10.6 Å². The van der Waals surface area contributed by atoms with Gasteiger partial charge in [0.15, 0.2) is 0 Å². The van der Waals surface area contributed by atoms with E-state index in [1.54, 1.807) is 32.2 Å². The fourth-order valence-corrected chi connectivity index (χ4v) is 1.48. The maximum atomic E-state index is 11.5. The van der Waals surface area contributed by atoms with E-state index in [9.17, 15) is 9.59 Å². The van der Waals surface area contributed by atoms with E-state index in [0.29, 0.717) is 11.3 Å². The molecule has 5 heteroatoms. The van der Waals surface area contributed by atoms with Gasteiger partial charge in [0.1, 0.15) is 0 Å². The fraction of sp³-hybridized carbons (Fsp3) is 0.273. The lowest BCUT2D eigenvalue weighted by atomic mass is 10.1. The van der Waals surface area contributed by atoms with Crippen LogP contribution in [-0.4, -0.2) is 24.2 Å². The first-order valence-electron chi connectivity index (χ1n) is 4.77. The second-order valence-corrected chi connectivity index (χ2v) is 3.80. The summed E-state index contributed by atoms with van der Waals surface area (Å²) in [6, 6.07) is 5.22. The Morgan fingerprint density at radius 2 is 2.06 bits per heavy atom. The zero-order chi connectivity index (χ0) is 12.1. The number of nitrogens with one attached hydrogen (secondary N) is 2. The van der Waals surface area contributed by atoms with Gasteiger partial charge in [0.05, 0.1) is 5.33 Å². The van der Waals surface area contributed by atoms with Crippen LogP contribution in [0.25, 0.3) is 0 Å². The summed E-state index contributed by atoms with van der Waals surface area (Å²) in [5.41, 5.74) is 1.98. The Hall–Kier alpha value is -1.36. The van der Waals surface area contributed by atoms with Gasteiger partial charge in [0.2, 0.25) is 5.91 Å². The largest absolute Gasteiger partial charge is 0.355 e. The predicted molar refractivity (Wildman–Crippen MR) is 67.0 cm³/mol. The molecule has 4 nitrogen and oxygen atoms in total. The number of rotatable bonds is 3. The van der Waals surface area contributed by atoms with E-state index in [4.69, 9.17) is 0 Å². The van der Waals surface area contributed by atoms with Crippen molar-refractivity contribution < 1.29 is 9.59 Å². The van der Waals surface area contributed by atoms with Crippen LogP contribution in [0.5, 0.6) is 0 Å². The second kappa shape index (κ2) is 5.65. The van der Waals surface area contributed by atoms with Gasteiger partial charge in [-0.15, -0.1) is 0 Å². The quantitative estimate of drug-likeness (QED) is 0.830. The molecule has 0 saturated carbocycles. The third kappa shape index (κ3) is 2.82. The van der Waals surface area contributed by atoms with Crippen LogP contribution in [0.15, 0.2) is 18.2 Å². The van der Waals surface area contributed by atoms with Crippen LogP contribution in [0.1, 0.15) is 15.9 Å². The molecule has 0 aromatic heterocycles. The molecule has 0 saturated heterocycles. The van der Waals surface area contributed by atoms with Crippen molar-refractivity contribution in [3.05, 3.63) is 29.3 Å². The molecule has 0 fully saturated rings. The first kappa shape index (κ1) is 12.7. The van der Waals surface area contributed by atoms with Crippen LogP contribution < -0.4 is 10.6 Å². The topological polar surface area (TPSA) is 58.2 Å². The van der Waals surface area contributed by atoms with Gasteiger partial charge in [-0.1, -0.05) is 22.0 Å². The summed E-state index contributed by atoms with van der Waals surface area (Å²) in [5, 5.41) is 5.50. The number of hydrogen-bond donors (Lipinski definition) is 2. The average molecular weight is 285 g/mol. The molecule has 0 radical (unpaired) electrons. The molecule has 1 rings (SSSR count). The minimum Gasteiger partial charge on any atom is -0.355 e. The number of carbonyl (C=O) groups is 2. The normalized spacial score (nSPS) is 9.69. The molecule has 86 valence electrons. The number of halogens is 1. The van der Waals surface area contributed by atoms with Crippen LogP contribution in [0.2, 0.25) is 0 Å². The van der Waals surface area contributed by atoms with Crippen molar-refractivity contribution in [1.82, 2.24) is 5.32 Å². The Balaban J connectivity index is 3.04. The second-order valence-electron chi connectivity index (χ2n) is 3.24. The Labute approximate surface area is 103 Å². The van der Waals surface area contributed by atoms with Crippen molar-refractivity contribution in [3.63, 3.8) is 0 Å². The summed E-state index contributed by atoms with van der Waals surface area (Å²) >= 11 is 3.07. The van der Waals surface area contributed by atoms with Crippen LogP contribution in [-0.2, 0) is 4.79 Å². The van der Waals surface area contributed by atoms with Crippen molar-refractivity contribution in [2.24, 2.45) is 0 Å². The SMILES string of the molecule is CNC(=O)c1cccc(NC(=O)CBr)c1C. The van der Waals surface area contributed by atoms with Crippen molar-refractivity contribution >= 4 is 33.4 Å². The van der Waals surface area contributed by atoms with Crippen molar-refractivity contribution in [2.45, 2.75) is 6.92 Å². The van der Waals surface area contributed by atoms with Gasteiger partial charge in [-0.05, 0) is 24.6 Å². The molecule has 1 aromatic carbocycles. The first-order valence-corrected chi connectivity index (χ1v) is 5.89. The lowest BCUT2D eigenvalue weighted by molar-refractivity contribution is -0.113. The number of carbonyl (C=O) groups excluding carboxylic acids is 2. The zero-order valence-electron chi connectivity index (χ0n) is 9.13. The van der Waals surface area contributed by atoms with Gasteiger partial charge >= 0.3 is 0 Å². The third-order valence-electron chi connectivity index (χ3n) is 2.20. The van der Waals surface area contributed by atoms with Gasteiger partial charge in [0.25, 0.3) is 5.91 Å². The van der Waals surface area contributed by atoms with E-state index in [-0.39, 0.29) is 17.1 Å². The molecule has 16 heavy (non-hydrogen) atoms. The van der Waals surface area contributed by atoms with Crippen molar-refractivity contribution in [3.8, 4) is 0 Å². The molecule has 0 spiro atoms. The highest BCUT2D eigenvalue weighted by Crippen LogP contribution is 2.18. The number of anilines is 1. The van der Waals surface area contributed by atoms with Crippen LogP contribution in [0.3, 0.4) is 0 Å². The summed E-state index contributed by atoms with van der Waals surface area (Å²) in [6.45, 7) is 1.80. The Morgan fingerprint density at radius 1 is 1.38 bits per heavy atom. The number of benzene rings is 1. The minimum atomic E-state index is -0.160. The van der Waals surface area contributed by atoms with E-state index in [1.165, 1.54) is 0 Å². The lowest BCUT2D eigenvalue weighted by Gasteiger charge is -2.10. The Kier molecular flexibility index (Phi) is 4.49. The maximum absolute atomic E-state index is 11.5. The first-order chi connectivity index (χ1) is 7.60. The molecule has 0 atom stereocenters. The summed E-state index contributed by atoms with van der Waals surface area (Å²) < 4.78 is 0. The molecular formula is C11H13BrN2O2. The highest BCUT2D eigenvalue weighted by atomic mass is 79.9. The average Bonchev–Trinajstić information content (AvgIpc) is 2.30. The summed E-state index contributed by atoms with van der Waals surface area (Å²) in [4.78, 5) is 22.7. The van der Waals surface area contributed by atoms with Gasteiger partial charge in [-0.2, -0.15) is 0 Å². The van der Waals surface area contributed by atoms with Gasteiger partial charge in [-0.3, -0.25) is 9.59 Å². The van der Waals surface area contributed by atoms with E-state index < -0.39 is 0 Å². The number of amides is 2. The Bertz CT molecular complexity index is 418. The Morgan fingerprint density at radius 3 is 2.62 bits per heavy atom. The molecule has 0 aliphatic heterocycles. The molecule has 0 aliphatic carbocycles. The fourth-order valence-electron chi connectivity index (χ4n) is 1.34. The minimum absolute atomic E-state index is 0.142. The molecule has 0 unspecified atom stereocenters. The van der Waals surface area contributed by atoms with Gasteiger partial charge in [0, 0.05) is 18.3 Å². The zero-order valence-corrected chi connectivity index (χ0v) is 10.7. The molecule has 0 aliphatic rings. The third-order valence-corrected chi connectivity index (χ3v) is 2.71. The lowest BCUT2D eigenvalue weighted by Crippen LogP contribution is -2.20. The molecule has 2 amide bonds. The number of alkyl halides is 1.